The van der Waals surface area contributed by atoms with Crippen LogP contribution in [0.3, 0.4) is 0 Å². The van der Waals surface area contributed by atoms with Crippen molar-refractivity contribution in [2.75, 3.05) is 6.54 Å². The lowest BCUT2D eigenvalue weighted by Gasteiger charge is -2.21. The first kappa shape index (κ1) is 13.5. The van der Waals surface area contributed by atoms with Gasteiger partial charge in [0.1, 0.15) is 0 Å². The summed E-state index contributed by atoms with van der Waals surface area (Å²) in [5, 5.41) is 2.05. The Hall–Kier alpha value is -0.580. The molecule has 0 aliphatic heterocycles. The Bertz CT molecular complexity index is 325. The van der Waals surface area contributed by atoms with E-state index in [1.165, 1.54) is 4.88 Å². The summed E-state index contributed by atoms with van der Waals surface area (Å²) in [7, 11) is 0. The van der Waals surface area contributed by atoms with E-state index in [1.807, 2.05) is 16.3 Å². The van der Waals surface area contributed by atoms with Gasteiger partial charge >= 0.3 is 0 Å². The Balaban J connectivity index is 0.00000128. The molecule has 1 fully saturated rings. The van der Waals surface area contributed by atoms with E-state index in [4.69, 9.17) is 5.73 Å². The van der Waals surface area contributed by atoms with Gasteiger partial charge < -0.3 is 10.6 Å². The molecule has 1 aliphatic carbocycles. The molecular weight excluding hydrogens is 244 g/mol. The number of carbonyl (C=O) groups is 1. The Morgan fingerprint density at radius 2 is 2.31 bits per heavy atom. The smallest absolute Gasteiger partial charge is 0.224 e. The lowest BCUT2D eigenvalue weighted by molar-refractivity contribution is -0.132. The highest BCUT2D eigenvalue weighted by molar-refractivity contribution is 7.09. The molecule has 0 bridgehead atoms. The lowest BCUT2D eigenvalue weighted by atomic mass is 10.3. The van der Waals surface area contributed by atoms with E-state index < -0.39 is 0 Å². The number of nitrogens with two attached hydrogens (primary N) is 1. The van der Waals surface area contributed by atoms with Crippen LogP contribution in [-0.4, -0.2) is 23.4 Å². The largest absolute Gasteiger partial charge is 0.335 e. The maximum Gasteiger partial charge on any atom is 0.224 e. The second kappa shape index (κ2) is 6.23. The highest BCUT2D eigenvalue weighted by atomic mass is 35.5. The van der Waals surface area contributed by atoms with Crippen LogP contribution in [0.4, 0.5) is 0 Å². The minimum Gasteiger partial charge on any atom is -0.335 e. The Morgan fingerprint density at radius 1 is 1.56 bits per heavy atom. The SMILES string of the molecule is Cl.NCCC(=O)N(Cc1cccs1)C1CC1. The molecule has 2 N–H and O–H groups in total. The highest BCUT2D eigenvalue weighted by Crippen LogP contribution is 2.29. The molecule has 1 aliphatic rings. The van der Waals surface area contributed by atoms with Crippen LogP contribution in [0.5, 0.6) is 0 Å². The maximum absolute atomic E-state index is 11.8. The van der Waals surface area contributed by atoms with Crippen molar-refractivity contribution in [2.24, 2.45) is 5.73 Å². The zero-order valence-corrected chi connectivity index (χ0v) is 10.7. The van der Waals surface area contributed by atoms with Crippen molar-refractivity contribution in [3.05, 3.63) is 22.4 Å². The Kier molecular flexibility index (Phi) is 5.25. The van der Waals surface area contributed by atoms with Gasteiger partial charge in [-0.25, -0.2) is 0 Å². The third-order valence-corrected chi connectivity index (χ3v) is 3.43. The first-order valence-electron chi connectivity index (χ1n) is 5.33. The van der Waals surface area contributed by atoms with E-state index >= 15 is 0 Å². The number of rotatable bonds is 5. The van der Waals surface area contributed by atoms with Crippen LogP contribution in [0.2, 0.25) is 0 Å². The molecule has 0 unspecified atom stereocenters. The van der Waals surface area contributed by atoms with E-state index in [0.717, 1.165) is 19.4 Å². The van der Waals surface area contributed by atoms with Gasteiger partial charge in [0.2, 0.25) is 5.91 Å². The second-order valence-electron chi connectivity index (χ2n) is 3.87. The monoisotopic (exact) mass is 260 g/mol. The van der Waals surface area contributed by atoms with Gasteiger partial charge in [0.15, 0.2) is 0 Å². The summed E-state index contributed by atoms with van der Waals surface area (Å²) in [6.45, 7) is 1.22. The molecule has 16 heavy (non-hydrogen) atoms. The van der Waals surface area contributed by atoms with Gasteiger partial charge in [0.05, 0.1) is 6.54 Å². The molecule has 0 saturated heterocycles. The third kappa shape index (κ3) is 3.47. The van der Waals surface area contributed by atoms with Crippen LogP contribution in [-0.2, 0) is 11.3 Å². The zero-order chi connectivity index (χ0) is 10.7. The topological polar surface area (TPSA) is 46.3 Å². The van der Waals surface area contributed by atoms with E-state index in [2.05, 4.69) is 6.07 Å². The van der Waals surface area contributed by atoms with Crippen molar-refractivity contribution < 1.29 is 4.79 Å². The molecule has 90 valence electrons. The van der Waals surface area contributed by atoms with Gasteiger partial charge in [-0.2, -0.15) is 0 Å². The van der Waals surface area contributed by atoms with Crippen LogP contribution >= 0.6 is 23.7 Å². The van der Waals surface area contributed by atoms with Crippen LogP contribution in [0.25, 0.3) is 0 Å². The fourth-order valence-corrected chi connectivity index (χ4v) is 2.35. The van der Waals surface area contributed by atoms with Crippen molar-refractivity contribution in [3.8, 4) is 0 Å². The van der Waals surface area contributed by atoms with Crippen molar-refractivity contribution in [1.82, 2.24) is 4.90 Å². The number of hydrogen-bond donors (Lipinski definition) is 1. The number of halogens is 1. The molecule has 2 rings (SSSR count). The van der Waals surface area contributed by atoms with Gasteiger partial charge in [0, 0.05) is 23.9 Å². The first-order valence-corrected chi connectivity index (χ1v) is 6.21. The molecule has 1 saturated carbocycles. The van der Waals surface area contributed by atoms with E-state index in [-0.39, 0.29) is 18.3 Å². The predicted octanol–water partition coefficient (Wildman–Crippen LogP) is 2.01. The number of thiophene rings is 1. The van der Waals surface area contributed by atoms with Gasteiger partial charge in [0.25, 0.3) is 0 Å². The molecule has 0 radical (unpaired) electrons. The fourth-order valence-electron chi connectivity index (χ4n) is 1.64. The molecule has 0 spiro atoms. The van der Waals surface area contributed by atoms with Crippen LogP contribution < -0.4 is 5.73 Å². The normalized spacial score (nSPS) is 14.3. The van der Waals surface area contributed by atoms with Crippen LogP contribution in [0.1, 0.15) is 24.1 Å². The second-order valence-corrected chi connectivity index (χ2v) is 4.90. The summed E-state index contributed by atoms with van der Waals surface area (Å²) < 4.78 is 0. The molecule has 0 atom stereocenters. The van der Waals surface area contributed by atoms with E-state index in [9.17, 15) is 4.79 Å². The standard InChI is InChI=1S/C11H16N2OS.ClH/c12-6-5-11(14)13(9-3-4-9)8-10-2-1-7-15-10;/h1-2,7,9H,3-6,8,12H2;1H. The molecule has 1 amide bonds. The number of amides is 1. The third-order valence-electron chi connectivity index (χ3n) is 2.57. The zero-order valence-electron chi connectivity index (χ0n) is 9.09. The lowest BCUT2D eigenvalue weighted by Crippen LogP contribution is -2.33. The summed E-state index contributed by atoms with van der Waals surface area (Å²) in [4.78, 5) is 15.0. The summed E-state index contributed by atoms with van der Waals surface area (Å²) in [5.74, 6) is 0.202. The van der Waals surface area contributed by atoms with E-state index in [0.29, 0.717) is 19.0 Å². The molecule has 1 aromatic rings. The van der Waals surface area contributed by atoms with Gasteiger partial charge in [-0.05, 0) is 24.3 Å². The molecule has 1 aromatic heterocycles. The molecular formula is C11H17ClN2OS. The maximum atomic E-state index is 11.8. The minimum absolute atomic E-state index is 0. The number of nitrogens with zero attached hydrogens (tertiary/aromatic N) is 1. The van der Waals surface area contributed by atoms with Crippen molar-refractivity contribution >= 4 is 29.7 Å². The molecule has 3 nitrogen and oxygen atoms in total. The van der Waals surface area contributed by atoms with Crippen molar-refractivity contribution in [2.45, 2.75) is 31.8 Å². The quantitative estimate of drug-likeness (QED) is 0.880. The fraction of sp³-hybridized carbons (Fsp3) is 0.545. The summed E-state index contributed by atoms with van der Waals surface area (Å²) in [6.07, 6.45) is 2.78. The van der Waals surface area contributed by atoms with Crippen LogP contribution in [0, 0.1) is 0 Å². The van der Waals surface area contributed by atoms with Gasteiger partial charge in [-0.15, -0.1) is 23.7 Å². The number of carbonyl (C=O) groups excluding carboxylic acids is 1. The van der Waals surface area contributed by atoms with Crippen molar-refractivity contribution in [1.29, 1.82) is 0 Å². The summed E-state index contributed by atoms with van der Waals surface area (Å²) >= 11 is 1.71. The first-order chi connectivity index (χ1) is 7.31. The summed E-state index contributed by atoms with van der Waals surface area (Å²) in [5.41, 5.74) is 5.42. The van der Waals surface area contributed by atoms with Gasteiger partial charge in [-0.3, -0.25) is 4.79 Å². The Morgan fingerprint density at radius 3 is 2.81 bits per heavy atom. The molecule has 0 aromatic carbocycles. The van der Waals surface area contributed by atoms with E-state index in [1.54, 1.807) is 11.3 Å². The number of hydrogen-bond acceptors (Lipinski definition) is 3. The highest BCUT2D eigenvalue weighted by Gasteiger charge is 2.32. The molecule has 5 heteroatoms. The predicted molar refractivity (Wildman–Crippen MR) is 68.8 cm³/mol. The van der Waals surface area contributed by atoms with Crippen molar-refractivity contribution in [3.63, 3.8) is 0 Å². The summed E-state index contributed by atoms with van der Waals surface area (Å²) in [6, 6.07) is 4.58. The van der Waals surface area contributed by atoms with Gasteiger partial charge in [-0.1, -0.05) is 6.07 Å². The molecule has 1 heterocycles. The van der Waals surface area contributed by atoms with Crippen LogP contribution in [0.15, 0.2) is 17.5 Å². The average Bonchev–Trinajstić information content (AvgIpc) is 2.93. The Labute approximate surface area is 106 Å². The minimum atomic E-state index is 0. The average molecular weight is 261 g/mol.